The molecule has 0 saturated heterocycles. The first-order chi connectivity index (χ1) is 11.7. The number of nitrogens with one attached hydrogen (secondary N) is 1. The number of hydrogen-bond acceptors (Lipinski definition) is 6. The van der Waals surface area contributed by atoms with Crippen molar-refractivity contribution >= 4 is 28.8 Å². The van der Waals surface area contributed by atoms with Crippen molar-refractivity contribution in [1.82, 2.24) is 0 Å². The van der Waals surface area contributed by atoms with Crippen molar-refractivity contribution in [2.45, 2.75) is 13.8 Å². The van der Waals surface area contributed by atoms with Crippen molar-refractivity contribution in [3.63, 3.8) is 0 Å². The van der Waals surface area contributed by atoms with Crippen LogP contribution < -0.4 is 5.32 Å². The molecule has 2 rings (SSSR count). The molecule has 0 heterocycles. The van der Waals surface area contributed by atoms with Crippen molar-refractivity contribution in [3.8, 4) is 0 Å². The van der Waals surface area contributed by atoms with Crippen molar-refractivity contribution in [1.29, 1.82) is 0 Å². The normalized spacial score (nSPS) is 10.2. The van der Waals surface area contributed by atoms with Gasteiger partial charge in [0.1, 0.15) is 5.56 Å². The first-order valence-corrected chi connectivity index (χ1v) is 7.06. The van der Waals surface area contributed by atoms with Crippen LogP contribution in [0.2, 0.25) is 0 Å². The lowest BCUT2D eigenvalue weighted by molar-refractivity contribution is -0.395. The molecule has 0 aromatic heterocycles. The van der Waals surface area contributed by atoms with Crippen LogP contribution in [0.1, 0.15) is 33.2 Å². The second-order valence-electron chi connectivity index (χ2n) is 5.24. The summed E-state index contributed by atoms with van der Waals surface area (Å²) in [5.74, 6) is -0.871. The van der Waals surface area contributed by atoms with Crippen LogP contribution in [0.3, 0.4) is 0 Å². The largest absolute Gasteiger partial charge is 0.322 e. The van der Waals surface area contributed by atoms with Crippen LogP contribution in [0.25, 0.3) is 0 Å². The maximum absolute atomic E-state index is 12.3. The van der Waals surface area contributed by atoms with Gasteiger partial charge in [-0.05, 0) is 38.1 Å². The predicted molar refractivity (Wildman–Crippen MR) is 88.9 cm³/mol. The number of carbonyl (C=O) groups is 2. The third-order valence-corrected chi connectivity index (χ3v) is 3.56. The molecule has 2 aromatic carbocycles. The van der Waals surface area contributed by atoms with Crippen LogP contribution >= 0.6 is 0 Å². The molecular formula is C16H13N3O6. The number of ketones is 1. The molecule has 2 aromatic rings. The Morgan fingerprint density at radius 3 is 1.80 bits per heavy atom. The lowest BCUT2D eigenvalue weighted by Crippen LogP contribution is -2.13. The van der Waals surface area contributed by atoms with Gasteiger partial charge in [-0.2, -0.15) is 0 Å². The molecule has 0 bridgehead atoms. The molecule has 9 nitrogen and oxygen atoms in total. The summed E-state index contributed by atoms with van der Waals surface area (Å²) >= 11 is 0. The number of carbonyl (C=O) groups excluding carboxylic acids is 2. The lowest BCUT2D eigenvalue weighted by atomic mass is 10.1. The van der Waals surface area contributed by atoms with E-state index in [1.807, 2.05) is 0 Å². The molecule has 0 atom stereocenters. The van der Waals surface area contributed by atoms with Gasteiger partial charge in [0.25, 0.3) is 17.3 Å². The third kappa shape index (κ3) is 3.83. The molecule has 0 radical (unpaired) electrons. The number of Topliss-reactive ketones (excluding diaryl/α,β-unsaturated/α-hetero) is 1. The van der Waals surface area contributed by atoms with E-state index in [-0.39, 0.29) is 16.9 Å². The minimum Gasteiger partial charge on any atom is -0.322 e. The number of nitro benzene ring substituents is 2. The van der Waals surface area contributed by atoms with Crippen molar-refractivity contribution in [2.24, 2.45) is 0 Å². The lowest BCUT2D eigenvalue weighted by Gasteiger charge is -2.07. The molecule has 1 N–H and O–H groups in total. The molecule has 1 amide bonds. The highest BCUT2D eigenvalue weighted by Gasteiger charge is 2.25. The van der Waals surface area contributed by atoms with Gasteiger partial charge in [-0.1, -0.05) is 0 Å². The molecule has 0 fully saturated rings. The number of rotatable bonds is 5. The van der Waals surface area contributed by atoms with Crippen LogP contribution in [0.4, 0.5) is 17.1 Å². The highest BCUT2D eigenvalue weighted by atomic mass is 16.6. The Morgan fingerprint density at radius 2 is 1.40 bits per heavy atom. The Morgan fingerprint density at radius 1 is 0.920 bits per heavy atom. The fourth-order valence-corrected chi connectivity index (χ4v) is 2.19. The van der Waals surface area contributed by atoms with Crippen LogP contribution in [0.5, 0.6) is 0 Å². The molecule has 9 heteroatoms. The number of nitrogens with zero attached hydrogens (tertiary/aromatic N) is 2. The van der Waals surface area contributed by atoms with Gasteiger partial charge in [0.15, 0.2) is 5.78 Å². The summed E-state index contributed by atoms with van der Waals surface area (Å²) in [6, 6.07) is 7.98. The van der Waals surface area contributed by atoms with Gasteiger partial charge >= 0.3 is 0 Å². The highest BCUT2D eigenvalue weighted by molar-refractivity contribution is 6.05. The molecule has 0 saturated carbocycles. The van der Waals surface area contributed by atoms with E-state index in [1.165, 1.54) is 38.1 Å². The Labute approximate surface area is 141 Å². The van der Waals surface area contributed by atoms with Crippen molar-refractivity contribution in [3.05, 3.63) is 73.3 Å². The minimum atomic E-state index is -0.777. The van der Waals surface area contributed by atoms with E-state index in [0.717, 1.165) is 12.1 Å². The van der Waals surface area contributed by atoms with E-state index in [9.17, 15) is 29.8 Å². The third-order valence-electron chi connectivity index (χ3n) is 3.56. The van der Waals surface area contributed by atoms with Gasteiger partial charge in [0.2, 0.25) is 0 Å². The zero-order valence-electron chi connectivity index (χ0n) is 13.3. The molecule has 0 aliphatic rings. The van der Waals surface area contributed by atoms with Crippen LogP contribution in [0.15, 0.2) is 36.4 Å². The monoisotopic (exact) mass is 343 g/mol. The van der Waals surface area contributed by atoms with Gasteiger partial charge in [0, 0.05) is 23.4 Å². The average molecular weight is 343 g/mol. The van der Waals surface area contributed by atoms with Crippen LogP contribution in [-0.4, -0.2) is 21.5 Å². The SMILES string of the molecule is CC(=O)c1ccc(NC(=O)c2cc([N+](=O)[O-])c(C)c([N+](=O)[O-])c2)cc1. The molecule has 0 spiro atoms. The number of hydrogen-bond donors (Lipinski definition) is 1. The number of amides is 1. The summed E-state index contributed by atoms with van der Waals surface area (Å²) < 4.78 is 0. The van der Waals surface area contributed by atoms with Crippen LogP contribution in [-0.2, 0) is 0 Å². The number of anilines is 1. The maximum Gasteiger partial charge on any atom is 0.279 e. The highest BCUT2D eigenvalue weighted by Crippen LogP contribution is 2.29. The van der Waals surface area contributed by atoms with E-state index in [0.29, 0.717) is 11.3 Å². The fraction of sp³-hybridized carbons (Fsp3) is 0.125. The fourth-order valence-electron chi connectivity index (χ4n) is 2.19. The van der Waals surface area contributed by atoms with E-state index in [4.69, 9.17) is 0 Å². The standard InChI is InChI=1S/C16H13N3O6/c1-9-14(18(22)23)7-12(8-15(9)19(24)25)16(21)17-13-5-3-11(4-6-13)10(2)20/h3-8H,1-2H3,(H,17,21). The Kier molecular flexibility index (Phi) is 4.87. The maximum atomic E-state index is 12.3. The molecule has 128 valence electrons. The quantitative estimate of drug-likeness (QED) is 0.503. The average Bonchev–Trinajstić information content (AvgIpc) is 2.54. The van der Waals surface area contributed by atoms with Gasteiger partial charge < -0.3 is 5.32 Å². The van der Waals surface area contributed by atoms with Gasteiger partial charge in [0.05, 0.1) is 15.4 Å². The zero-order valence-corrected chi connectivity index (χ0v) is 13.3. The molecule has 25 heavy (non-hydrogen) atoms. The van der Waals surface area contributed by atoms with Gasteiger partial charge in [-0.3, -0.25) is 29.8 Å². The van der Waals surface area contributed by atoms with Gasteiger partial charge in [-0.25, -0.2) is 0 Å². The Hall–Kier alpha value is -3.62. The Bertz CT molecular complexity index is 854. The van der Waals surface area contributed by atoms with E-state index in [2.05, 4.69) is 5.32 Å². The summed E-state index contributed by atoms with van der Waals surface area (Å²) in [5.41, 5.74) is -0.546. The smallest absolute Gasteiger partial charge is 0.279 e. The number of nitro groups is 2. The summed E-state index contributed by atoms with van der Waals surface area (Å²) in [4.78, 5) is 44.0. The Balaban J connectivity index is 2.37. The van der Waals surface area contributed by atoms with E-state index < -0.39 is 27.1 Å². The summed E-state index contributed by atoms with van der Waals surface area (Å²) in [6.07, 6.45) is 0. The first kappa shape index (κ1) is 17.7. The van der Waals surface area contributed by atoms with Crippen molar-refractivity contribution < 1.29 is 19.4 Å². The minimum absolute atomic E-state index is 0.127. The molecule has 0 unspecified atom stereocenters. The van der Waals surface area contributed by atoms with E-state index in [1.54, 1.807) is 0 Å². The number of benzene rings is 2. The summed E-state index contributed by atoms with van der Waals surface area (Å²) in [5, 5.41) is 24.6. The summed E-state index contributed by atoms with van der Waals surface area (Å²) in [7, 11) is 0. The van der Waals surface area contributed by atoms with E-state index >= 15 is 0 Å². The van der Waals surface area contributed by atoms with Crippen LogP contribution in [0, 0.1) is 27.2 Å². The molecular weight excluding hydrogens is 330 g/mol. The topological polar surface area (TPSA) is 132 Å². The molecule has 0 aliphatic heterocycles. The second-order valence-corrected chi connectivity index (χ2v) is 5.24. The van der Waals surface area contributed by atoms with Crippen molar-refractivity contribution in [2.75, 3.05) is 5.32 Å². The zero-order chi connectivity index (χ0) is 18.7. The molecule has 0 aliphatic carbocycles. The second kappa shape index (κ2) is 6.87. The first-order valence-electron chi connectivity index (χ1n) is 7.06. The predicted octanol–water partition coefficient (Wildman–Crippen LogP) is 3.27. The van der Waals surface area contributed by atoms with Gasteiger partial charge in [-0.15, -0.1) is 0 Å². The summed E-state index contributed by atoms with van der Waals surface area (Å²) in [6.45, 7) is 2.65.